The Morgan fingerprint density at radius 3 is 2.60 bits per heavy atom. The fourth-order valence-electron chi connectivity index (χ4n) is 1.57. The van der Waals surface area contributed by atoms with Gasteiger partial charge in [-0.15, -0.1) is 0 Å². The summed E-state index contributed by atoms with van der Waals surface area (Å²) in [6.07, 6.45) is -0.263. The maximum Gasteiger partial charge on any atom is 0.304 e. The maximum absolute atomic E-state index is 12.3. The van der Waals surface area contributed by atoms with Crippen LogP contribution in [-0.2, 0) is 26.2 Å². The summed E-state index contributed by atoms with van der Waals surface area (Å²) in [5.74, 6) is -1.06. The summed E-state index contributed by atoms with van der Waals surface area (Å²) in [5.41, 5.74) is 0.630. The topological polar surface area (TPSA) is 83.9 Å². The molecule has 6 nitrogen and oxygen atoms in total. The van der Waals surface area contributed by atoms with Crippen LogP contribution in [0.2, 0.25) is 5.02 Å². The predicted octanol–water partition coefficient (Wildman–Crippen LogP) is 1.58. The second-order valence-electron chi connectivity index (χ2n) is 4.20. The van der Waals surface area contributed by atoms with Crippen LogP contribution in [-0.4, -0.2) is 44.5 Å². The van der Waals surface area contributed by atoms with Gasteiger partial charge in [0, 0.05) is 25.7 Å². The number of rotatable bonds is 7. The average molecular weight is 322 g/mol. The van der Waals surface area contributed by atoms with Crippen molar-refractivity contribution in [2.45, 2.75) is 17.9 Å². The van der Waals surface area contributed by atoms with E-state index in [1.807, 2.05) is 0 Å². The molecular weight excluding hydrogens is 306 g/mol. The number of nitrogens with zero attached hydrogens (tertiary/aromatic N) is 1. The van der Waals surface area contributed by atoms with Crippen molar-refractivity contribution in [3.05, 3.63) is 28.8 Å². The highest BCUT2D eigenvalue weighted by atomic mass is 35.5. The number of methoxy groups -OCH3 is 1. The number of carbonyl (C=O) groups is 1. The molecule has 1 aromatic rings. The van der Waals surface area contributed by atoms with Gasteiger partial charge in [0.05, 0.1) is 17.9 Å². The summed E-state index contributed by atoms with van der Waals surface area (Å²) in [6.45, 7) is 0.131. The maximum atomic E-state index is 12.3. The second-order valence-corrected chi connectivity index (χ2v) is 6.68. The molecular formula is C12H16ClNO5S. The van der Waals surface area contributed by atoms with Gasteiger partial charge in [-0.25, -0.2) is 12.7 Å². The first-order valence-corrected chi connectivity index (χ1v) is 7.55. The van der Waals surface area contributed by atoms with Gasteiger partial charge in [-0.2, -0.15) is 0 Å². The molecule has 0 unspecified atom stereocenters. The molecule has 1 aromatic carbocycles. The Morgan fingerprint density at radius 1 is 1.40 bits per heavy atom. The van der Waals surface area contributed by atoms with E-state index in [1.54, 1.807) is 6.07 Å². The fourth-order valence-corrected chi connectivity index (χ4v) is 3.16. The lowest BCUT2D eigenvalue weighted by atomic mass is 10.2. The molecule has 0 saturated carbocycles. The SMILES string of the molecule is COCc1cc(Cl)cc(S(=O)(=O)N(C)CCC(=O)O)c1. The van der Waals surface area contributed by atoms with Gasteiger partial charge >= 0.3 is 5.97 Å². The number of carboxylic acids is 1. The first-order chi connectivity index (χ1) is 9.27. The molecule has 0 aliphatic rings. The minimum absolute atomic E-state index is 0.0185. The van der Waals surface area contributed by atoms with Gasteiger partial charge in [-0.05, 0) is 23.8 Å². The third-order valence-electron chi connectivity index (χ3n) is 2.59. The van der Waals surface area contributed by atoms with E-state index >= 15 is 0 Å². The number of sulfonamides is 1. The normalized spacial score (nSPS) is 11.8. The van der Waals surface area contributed by atoms with Crippen molar-refractivity contribution in [2.75, 3.05) is 20.7 Å². The van der Waals surface area contributed by atoms with Crippen molar-refractivity contribution in [2.24, 2.45) is 0 Å². The third kappa shape index (κ3) is 4.45. The molecule has 20 heavy (non-hydrogen) atoms. The van der Waals surface area contributed by atoms with E-state index in [1.165, 1.54) is 26.3 Å². The summed E-state index contributed by atoms with van der Waals surface area (Å²) in [6, 6.07) is 4.40. The lowest BCUT2D eigenvalue weighted by Crippen LogP contribution is -2.29. The number of halogens is 1. The van der Waals surface area contributed by atoms with Crippen LogP contribution in [0.15, 0.2) is 23.1 Å². The van der Waals surface area contributed by atoms with E-state index in [0.717, 1.165) is 4.31 Å². The van der Waals surface area contributed by atoms with Crippen LogP contribution < -0.4 is 0 Å². The Labute approximate surface area is 123 Å². The molecule has 0 radical (unpaired) electrons. The highest BCUT2D eigenvalue weighted by Gasteiger charge is 2.22. The van der Waals surface area contributed by atoms with Crippen LogP contribution in [0.3, 0.4) is 0 Å². The smallest absolute Gasteiger partial charge is 0.304 e. The molecule has 0 amide bonds. The molecule has 0 aliphatic carbocycles. The molecule has 0 bridgehead atoms. The highest BCUT2D eigenvalue weighted by molar-refractivity contribution is 7.89. The van der Waals surface area contributed by atoms with Crippen molar-refractivity contribution >= 4 is 27.6 Å². The zero-order chi connectivity index (χ0) is 15.3. The van der Waals surface area contributed by atoms with Crippen molar-refractivity contribution in [1.29, 1.82) is 0 Å². The largest absolute Gasteiger partial charge is 0.481 e. The number of hydrogen-bond donors (Lipinski definition) is 1. The van der Waals surface area contributed by atoms with Crippen molar-refractivity contribution in [1.82, 2.24) is 4.31 Å². The van der Waals surface area contributed by atoms with E-state index in [9.17, 15) is 13.2 Å². The van der Waals surface area contributed by atoms with Gasteiger partial charge in [0.2, 0.25) is 10.0 Å². The van der Waals surface area contributed by atoms with Crippen molar-refractivity contribution in [3.63, 3.8) is 0 Å². The Morgan fingerprint density at radius 2 is 2.05 bits per heavy atom. The van der Waals surface area contributed by atoms with Gasteiger partial charge in [0.15, 0.2) is 0 Å². The van der Waals surface area contributed by atoms with Crippen LogP contribution in [0.5, 0.6) is 0 Å². The quantitative estimate of drug-likeness (QED) is 0.824. The molecule has 1 N–H and O–H groups in total. The summed E-state index contributed by atoms with van der Waals surface area (Å²) in [4.78, 5) is 10.5. The Hall–Kier alpha value is -1.15. The molecule has 0 fully saturated rings. The fraction of sp³-hybridized carbons (Fsp3) is 0.417. The van der Waals surface area contributed by atoms with Gasteiger partial charge < -0.3 is 9.84 Å². The lowest BCUT2D eigenvalue weighted by Gasteiger charge is -2.17. The zero-order valence-electron chi connectivity index (χ0n) is 11.2. The van der Waals surface area contributed by atoms with E-state index in [4.69, 9.17) is 21.4 Å². The monoisotopic (exact) mass is 321 g/mol. The second kappa shape index (κ2) is 7.03. The number of carboxylic acid groups (broad SMARTS) is 1. The van der Waals surface area contributed by atoms with Crippen LogP contribution in [0.25, 0.3) is 0 Å². The predicted molar refractivity (Wildman–Crippen MR) is 74.2 cm³/mol. The molecule has 8 heteroatoms. The molecule has 0 spiro atoms. The van der Waals surface area contributed by atoms with E-state index in [2.05, 4.69) is 0 Å². The highest BCUT2D eigenvalue weighted by Crippen LogP contribution is 2.22. The lowest BCUT2D eigenvalue weighted by molar-refractivity contribution is -0.137. The third-order valence-corrected chi connectivity index (χ3v) is 4.64. The molecule has 0 aromatic heterocycles. The standard InChI is InChI=1S/C12H16ClNO5S/c1-14(4-3-12(15)16)20(17,18)11-6-9(8-19-2)5-10(13)7-11/h5-7H,3-4,8H2,1-2H3,(H,15,16). The number of benzene rings is 1. The molecule has 0 heterocycles. The number of ether oxygens (including phenoxy) is 1. The van der Waals surface area contributed by atoms with Crippen LogP contribution in [0, 0.1) is 0 Å². The van der Waals surface area contributed by atoms with E-state index < -0.39 is 16.0 Å². The Balaban J connectivity index is 3.05. The molecule has 112 valence electrons. The zero-order valence-corrected chi connectivity index (χ0v) is 12.7. The summed E-state index contributed by atoms with van der Waals surface area (Å²) >= 11 is 5.89. The molecule has 0 aliphatic heterocycles. The first kappa shape index (κ1) is 16.9. The average Bonchev–Trinajstić information content (AvgIpc) is 2.35. The molecule has 0 saturated heterocycles. The van der Waals surface area contributed by atoms with Gasteiger partial charge in [0.1, 0.15) is 0 Å². The van der Waals surface area contributed by atoms with Crippen LogP contribution in [0.1, 0.15) is 12.0 Å². The van der Waals surface area contributed by atoms with Gasteiger partial charge in [0.25, 0.3) is 0 Å². The summed E-state index contributed by atoms with van der Waals surface area (Å²) in [5, 5.41) is 8.88. The number of aliphatic carboxylic acids is 1. The minimum Gasteiger partial charge on any atom is -0.481 e. The molecule has 0 atom stereocenters. The van der Waals surface area contributed by atoms with Crippen molar-refractivity contribution in [3.8, 4) is 0 Å². The van der Waals surface area contributed by atoms with Crippen LogP contribution >= 0.6 is 11.6 Å². The Kier molecular flexibility index (Phi) is 5.94. The Bertz CT molecular complexity index is 588. The van der Waals surface area contributed by atoms with Crippen LogP contribution in [0.4, 0.5) is 0 Å². The van der Waals surface area contributed by atoms with E-state index in [0.29, 0.717) is 5.56 Å². The van der Waals surface area contributed by atoms with Gasteiger partial charge in [-0.3, -0.25) is 4.79 Å². The molecule has 1 rings (SSSR count). The number of hydrogen-bond acceptors (Lipinski definition) is 4. The summed E-state index contributed by atoms with van der Waals surface area (Å²) < 4.78 is 30.5. The minimum atomic E-state index is -3.77. The van der Waals surface area contributed by atoms with Crippen molar-refractivity contribution < 1.29 is 23.1 Å². The first-order valence-electron chi connectivity index (χ1n) is 5.74. The van der Waals surface area contributed by atoms with E-state index in [-0.39, 0.29) is 29.5 Å². The van der Waals surface area contributed by atoms with Gasteiger partial charge in [-0.1, -0.05) is 11.6 Å². The summed E-state index contributed by atoms with van der Waals surface area (Å²) in [7, 11) is -0.945.